The second-order valence-electron chi connectivity index (χ2n) is 7.71. The Labute approximate surface area is 200 Å². The molecule has 1 saturated heterocycles. The van der Waals surface area contributed by atoms with Gasteiger partial charge in [-0.15, -0.1) is 24.0 Å². The van der Waals surface area contributed by atoms with Crippen molar-refractivity contribution in [3.63, 3.8) is 0 Å². The molecule has 3 N–H and O–H groups in total. The Kier molecular flexibility index (Phi) is 8.44. The summed E-state index contributed by atoms with van der Waals surface area (Å²) in [5.74, 6) is 1.20. The first-order chi connectivity index (χ1) is 14.7. The number of nitrogens with one attached hydrogen (secondary N) is 1. The minimum Gasteiger partial charge on any atom is -0.370 e. The highest BCUT2D eigenvalue weighted by atomic mass is 127. The van der Waals surface area contributed by atoms with Crippen LogP contribution in [-0.2, 0) is 17.6 Å². The van der Waals surface area contributed by atoms with E-state index in [9.17, 15) is 4.79 Å². The Morgan fingerprint density at radius 1 is 1.06 bits per heavy atom. The molecule has 1 aliphatic heterocycles. The summed E-state index contributed by atoms with van der Waals surface area (Å²) in [6, 6.07) is 8.10. The van der Waals surface area contributed by atoms with Crippen LogP contribution < -0.4 is 16.0 Å². The summed E-state index contributed by atoms with van der Waals surface area (Å²) in [6.07, 6.45) is 8.49. The second kappa shape index (κ2) is 11.3. The van der Waals surface area contributed by atoms with Gasteiger partial charge in [-0.05, 0) is 48.9 Å². The van der Waals surface area contributed by atoms with E-state index in [-0.39, 0.29) is 29.9 Å². The van der Waals surface area contributed by atoms with E-state index in [0.29, 0.717) is 32.0 Å². The van der Waals surface area contributed by atoms with E-state index >= 15 is 0 Å². The average Bonchev–Trinajstić information content (AvgIpc) is 2.80. The lowest BCUT2D eigenvalue weighted by atomic mass is 9.90. The second-order valence-corrected chi connectivity index (χ2v) is 7.71. The molecule has 0 radical (unpaired) electrons. The van der Waals surface area contributed by atoms with Crippen LogP contribution in [0.3, 0.4) is 0 Å². The number of guanidine groups is 1. The van der Waals surface area contributed by atoms with Crippen LogP contribution in [0.25, 0.3) is 0 Å². The lowest BCUT2D eigenvalue weighted by molar-refractivity contribution is -0.131. The highest BCUT2D eigenvalue weighted by Gasteiger charge is 2.22. The fraction of sp³-hybridized carbons (Fsp3) is 0.455. The van der Waals surface area contributed by atoms with E-state index in [1.165, 1.54) is 24.0 Å². The van der Waals surface area contributed by atoms with E-state index < -0.39 is 0 Å². The van der Waals surface area contributed by atoms with Gasteiger partial charge in [0.25, 0.3) is 0 Å². The average molecular weight is 535 g/mol. The lowest BCUT2D eigenvalue weighted by Gasteiger charge is -2.34. The number of anilines is 2. The van der Waals surface area contributed by atoms with Crippen molar-refractivity contribution >= 4 is 47.5 Å². The number of fused-ring (bicyclic) bond motifs is 1. The number of nitrogens with two attached hydrogens (primary N) is 1. The van der Waals surface area contributed by atoms with Gasteiger partial charge in [0.2, 0.25) is 11.9 Å². The summed E-state index contributed by atoms with van der Waals surface area (Å²) >= 11 is 0. The molecule has 0 unspecified atom stereocenters. The third-order valence-corrected chi connectivity index (χ3v) is 5.73. The number of rotatable bonds is 5. The zero-order valence-corrected chi connectivity index (χ0v) is 20.0. The quantitative estimate of drug-likeness (QED) is 0.347. The summed E-state index contributed by atoms with van der Waals surface area (Å²) in [6.45, 7) is 3.20. The maximum absolute atomic E-state index is 12.5. The molecule has 1 fully saturated rings. The van der Waals surface area contributed by atoms with Crippen LogP contribution in [0.5, 0.6) is 0 Å². The monoisotopic (exact) mass is 535 g/mol. The van der Waals surface area contributed by atoms with Crippen LogP contribution in [0.1, 0.15) is 30.4 Å². The van der Waals surface area contributed by atoms with Crippen molar-refractivity contribution in [1.29, 1.82) is 0 Å². The molecule has 1 aromatic heterocycles. The Hall–Kier alpha value is -2.43. The lowest BCUT2D eigenvalue weighted by Crippen LogP contribution is -2.49. The zero-order valence-electron chi connectivity index (χ0n) is 17.7. The predicted molar refractivity (Wildman–Crippen MR) is 134 cm³/mol. The van der Waals surface area contributed by atoms with E-state index in [1.807, 2.05) is 11.0 Å². The number of piperazine rings is 1. The maximum Gasteiger partial charge on any atom is 0.225 e. The standard InChI is InChI=1S/C22H29N7O.HI/c23-21(27-19-8-3-6-17-5-1-2-7-18(17)19)24-12-9-20(30)28-13-15-29(16-14-28)22-25-10-4-11-26-22;/h3-4,6,8,10-11H,1-2,5,7,9,12-16H2,(H3,23,24,27);1H. The van der Waals surface area contributed by atoms with Gasteiger partial charge in [0, 0.05) is 50.7 Å². The molecule has 166 valence electrons. The zero-order chi connectivity index (χ0) is 20.8. The fourth-order valence-electron chi connectivity index (χ4n) is 4.12. The predicted octanol–water partition coefficient (Wildman–Crippen LogP) is 2.44. The van der Waals surface area contributed by atoms with Gasteiger partial charge in [-0.25, -0.2) is 9.97 Å². The number of hydrogen-bond donors (Lipinski definition) is 2. The highest BCUT2D eigenvalue weighted by Crippen LogP contribution is 2.27. The summed E-state index contributed by atoms with van der Waals surface area (Å²) in [5, 5.41) is 3.23. The van der Waals surface area contributed by atoms with E-state index in [4.69, 9.17) is 5.73 Å². The van der Waals surface area contributed by atoms with Crippen LogP contribution >= 0.6 is 24.0 Å². The number of benzene rings is 1. The van der Waals surface area contributed by atoms with Crippen molar-refractivity contribution < 1.29 is 4.79 Å². The van der Waals surface area contributed by atoms with Crippen LogP contribution in [0.4, 0.5) is 11.6 Å². The van der Waals surface area contributed by atoms with Crippen molar-refractivity contribution in [2.24, 2.45) is 10.7 Å². The highest BCUT2D eigenvalue weighted by molar-refractivity contribution is 14.0. The topological polar surface area (TPSA) is 99.7 Å². The van der Waals surface area contributed by atoms with Crippen molar-refractivity contribution in [3.05, 3.63) is 47.8 Å². The van der Waals surface area contributed by atoms with Gasteiger partial charge in [0.1, 0.15) is 0 Å². The molecule has 31 heavy (non-hydrogen) atoms. The molecule has 4 rings (SSSR count). The van der Waals surface area contributed by atoms with E-state index in [2.05, 4.69) is 37.3 Å². The van der Waals surface area contributed by atoms with Gasteiger partial charge >= 0.3 is 0 Å². The molecule has 2 aliphatic rings. The molecule has 1 aromatic carbocycles. The summed E-state index contributed by atoms with van der Waals surface area (Å²) in [5.41, 5.74) is 9.86. The van der Waals surface area contributed by atoms with Crippen molar-refractivity contribution in [3.8, 4) is 0 Å². The number of carbonyl (C=O) groups excluding carboxylic acids is 1. The molecule has 2 heterocycles. The molecule has 0 atom stereocenters. The molecule has 2 aromatic rings. The molecular weight excluding hydrogens is 505 g/mol. The maximum atomic E-state index is 12.5. The van der Waals surface area contributed by atoms with E-state index in [0.717, 1.165) is 37.6 Å². The van der Waals surface area contributed by atoms with Gasteiger partial charge in [0.15, 0.2) is 5.96 Å². The first-order valence-corrected chi connectivity index (χ1v) is 10.7. The molecule has 8 nitrogen and oxygen atoms in total. The number of aliphatic imine (C=N–C) groups is 1. The van der Waals surface area contributed by atoms with Crippen molar-refractivity contribution in [2.75, 3.05) is 42.9 Å². The van der Waals surface area contributed by atoms with Gasteiger partial charge < -0.3 is 20.9 Å². The van der Waals surface area contributed by atoms with Gasteiger partial charge in [-0.2, -0.15) is 0 Å². The normalized spacial score (nSPS) is 16.3. The molecule has 0 saturated carbocycles. The Balaban J connectivity index is 0.00000272. The minimum atomic E-state index is 0. The van der Waals surface area contributed by atoms with Crippen LogP contribution in [0.15, 0.2) is 41.7 Å². The molecule has 1 amide bonds. The smallest absolute Gasteiger partial charge is 0.225 e. The Bertz CT molecular complexity index is 898. The summed E-state index contributed by atoms with van der Waals surface area (Å²) in [4.78, 5) is 29.4. The number of carbonyl (C=O) groups is 1. The van der Waals surface area contributed by atoms with Gasteiger partial charge in [-0.1, -0.05) is 12.1 Å². The molecule has 9 heteroatoms. The third-order valence-electron chi connectivity index (χ3n) is 5.73. The summed E-state index contributed by atoms with van der Waals surface area (Å²) in [7, 11) is 0. The third kappa shape index (κ3) is 6.05. The van der Waals surface area contributed by atoms with Gasteiger partial charge in [0.05, 0.1) is 6.54 Å². The number of aryl methyl sites for hydroxylation is 1. The molecular formula is C22H30IN7O. The van der Waals surface area contributed by atoms with Crippen molar-refractivity contribution in [2.45, 2.75) is 32.1 Å². The minimum absolute atomic E-state index is 0. The fourth-order valence-corrected chi connectivity index (χ4v) is 4.12. The molecule has 0 bridgehead atoms. The van der Waals surface area contributed by atoms with Crippen LogP contribution in [-0.4, -0.2) is 59.5 Å². The molecule has 0 spiro atoms. The van der Waals surface area contributed by atoms with E-state index in [1.54, 1.807) is 18.5 Å². The van der Waals surface area contributed by atoms with Gasteiger partial charge in [-0.3, -0.25) is 9.79 Å². The number of halogens is 1. The van der Waals surface area contributed by atoms with Crippen LogP contribution in [0.2, 0.25) is 0 Å². The number of nitrogens with zero attached hydrogens (tertiary/aromatic N) is 5. The first kappa shape index (κ1) is 23.2. The Morgan fingerprint density at radius 3 is 2.58 bits per heavy atom. The van der Waals surface area contributed by atoms with Crippen molar-refractivity contribution in [1.82, 2.24) is 14.9 Å². The first-order valence-electron chi connectivity index (χ1n) is 10.7. The number of hydrogen-bond acceptors (Lipinski definition) is 5. The largest absolute Gasteiger partial charge is 0.370 e. The van der Waals surface area contributed by atoms with Crippen LogP contribution in [0, 0.1) is 0 Å². The SMILES string of the molecule is I.NC(=NCCC(=O)N1CCN(c2ncccn2)CC1)Nc1cccc2c1CCCC2. The molecule has 1 aliphatic carbocycles. The summed E-state index contributed by atoms with van der Waals surface area (Å²) < 4.78 is 0. The Morgan fingerprint density at radius 2 is 1.81 bits per heavy atom. The number of amides is 1. The number of aromatic nitrogens is 2.